The van der Waals surface area contributed by atoms with E-state index in [9.17, 15) is 9.59 Å². The van der Waals surface area contributed by atoms with Gasteiger partial charge in [-0.15, -0.1) is 0 Å². The Bertz CT molecular complexity index is 428. The summed E-state index contributed by atoms with van der Waals surface area (Å²) in [5, 5.41) is 2.89. The first-order valence-electron chi connectivity index (χ1n) is 6.25. The molecule has 1 fully saturated rings. The Labute approximate surface area is 107 Å². The molecular formula is C14H18N2O2. The average molecular weight is 246 g/mol. The predicted octanol–water partition coefficient (Wildman–Crippen LogP) is 1.23. The zero-order valence-corrected chi connectivity index (χ0v) is 10.6. The molecule has 0 saturated carbocycles. The molecule has 1 aliphatic heterocycles. The van der Waals surface area contributed by atoms with Crippen molar-refractivity contribution in [2.75, 3.05) is 6.54 Å². The molecule has 1 unspecified atom stereocenters. The van der Waals surface area contributed by atoms with Gasteiger partial charge in [0.2, 0.25) is 12.3 Å². The molecule has 18 heavy (non-hydrogen) atoms. The van der Waals surface area contributed by atoms with Gasteiger partial charge in [0.1, 0.15) is 6.04 Å². The lowest BCUT2D eigenvalue weighted by Gasteiger charge is -2.19. The zero-order chi connectivity index (χ0) is 13.0. The van der Waals surface area contributed by atoms with Crippen molar-refractivity contribution in [3.8, 4) is 0 Å². The number of likely N-dealkylation sites (tertiary alicyclic amines) is 1. The number of nitrogens with one attached hydrogen (secondary N) is 1. The molecule has 0 bridgehead atoms. The molecule has 1 aromatic carbocycles. The van der Waals surface area contributed by atoms with Crippen LogP contribution in [0.25, 0.3) is 0 Å². The fraction of sp³-hybridized carbons (Fsp3) is 0.429. The fourth-order valence-electron chi connectivity index (χ4n) is 2.21. The second kappa shape index (κ2) is 5.67. The van der Waals surface area contributed by atoms with E-state index < -0.39 is 0 Å². The van der Waals surface area contributed by atoms with Gasteiger partial charge in [0.15, 0.2) is 0 Å². The molecule has 1 saturated heterocycles. The highest BCUT2D eigenvalue weighted by Crippen LogP contribution is 2.15. The Balaban J connectivity index is 1.88. The van der Waals surface area contributed by atoms with Gasteiger partial charge in [-0.05, 0) is 25.3 Å². The first kappa shape index (κ1) is 12.6. The van der Waals surface area contributed by atoms with Crippen LogP contribution in [0.2, 0.25) is 0 Å². The molecule has 4 nitrogen and oxygen atoms in total. The number of carbonyl (C=O) groups excluding carboxylic acids is 2. The van der Waals surface area contributed by atoms with Gasteiger partial charge < -0.3 is 10.2 Å². The molecule has 1 aliphatic rings. The molecular weight excluding hydrogens is 228 g/mol. The molecule has 1 N–H and O–H groups in total. The van der Waals surface area contributed by atoms with Gasteiger partial charge in [-0.2, -0.15) is 0 Å². The number of hydrogen-bond donors (Lipinski definition) is 1. The minimum atomic E-state index is -0.284. The minimum absolute atomic E-state index is 0.0554. The van der Waals surface area contributed by atoms with Crippen LogP contribution in [0, 0.1) is 6.92 Å². The number of amides is 2. The summed E-state index contributed by atoms with van der Waals surface area (Å²) in [7, 11) is 0. The van der Waals surface area contributed by atoms with Crippen LogP contribution in [0.1, 0.15) is 24.0 Å². The van der Waals surface area contributed by atoms with E-state index in [-0.39, 0.29) is 11.9 Å². The Morgan fingerprint density at radius 2 is 2.17 bits per heavy atom. The number of nitrogens with zero attached hydrogens (tertiary/aromatic N) is 1. The van der Waals surface area contributed by atoms with Crippen molar-refractivity contribution < 1.29 is 9.59 Å². The highest BCUT2D eigenvalue weighted by atomic mass is 16.2. The fourth-order valence-corrected chi connectivity index (χ4v) is 2.21. The van der Waals surface area contributed by atoms with Crippen LogP contribution >= 0.6 is 0 Å². The SMILES string of the molecule is Cc1ccc(CNC(=O)C2CCCN2C=O)cc1. The normalized spacial score (nSPS) is 18.7. The predicted molar refractivity (Wildman–Crippen MR) is 68.8 cm³/mol. The molecule has 0 spiro atoms. The van der Waals surface area contributed by atoms with Crippen LogP contribution in [0.4, 0.5) is 0 Å². The van der Waals surface area contributed by atoms with Crippen molar-refractivity contribution in [3.05, 3.63) is 35.4 Å². The maximum Gasteiger partial charge on any atom is 0.243 e. The van der Waals surface area contributed by atoms with Gasteiger partial charge in [0.05, 0.1) is 0 Å². The van der Waals surface area contributed by atoms with Gasteiger partial charge in [-0.25, -0.2) is 0 Å². The van der Waals surface area contributed by atoms with E-state index >= 15 is 0 Å². The molecule has 96 valence electrons. The van der Waals surface area contributed by atoms with Gasteiger partial charge in [0, 0.05) is 13.1 Å². The van der Waals surface area contributed by atoms with Crippen molar-refractivity contribution in [2.45, 2.75) is 32.4 Å². The average Bonchev–Trinajstić information content (AvgIpc) is 2.86. The van der Waals surface area contributed by atoms with E-state index in [4.69, 9.17) is 0 Å². The van der Waals surface area contributed by atoms with E-state index in [0.717, 1.165) is 24.8 Å². The zero-order valence-electron chi connectivity index (χ0n) is 10.6. The summed E-state index contributed by atoms with van der Waals surface area (Å²) in [5.41, 5.74) is 2.28. The van der Waals surface area contributed by atoms with E-state index in [1.807, 2.05) is 31.2 Å². The van der Waals surface area contributed by atoms with Crippen LogP contribution < -0.4 is 5.32 Å². The maximum atomic E-state index is 11.9. The van der Waals surface area contributed by atoms with Crippen LogP contribution in [0.3, 0.4) is 0 Å². The van der Waals surface area contributed by atoms with Crippen LogP contribution in [0.15, 0.2) is 24.3 Å². The lowest BCUT2D eigenvalue weighted by Crippen LogP contribution is -2.42. The summed E-state index contributed by atoms with van der Waals surface area (Å²) in [4.78, 5) is 24.3. The van der Waals surface area contributed by atoms with Crippen molar-refractivity contribution >= 4 is 12.3 Å². The third-order valence-corrected chi connectivity index (χ3v) is 3.32. The topological polar surface area (TPSA) is 49.4 Å². The van der Waals surface area contributed by atoms with Gasteiger partial charge in [-0.3, -0.25) is 9.59 Å². The summed E-state index contributed by atoms with van der Waals surface area (Å²) in [5.74, 6) is -0.0554. The van der Waals surface area contributed by atoms with E-state index in [0.29, 0.717) is 13.1 Å². The Morgan fingerprint density at radius 1 is 1.44 bits per heavy atom. The van der Waals surface area contributed by atoms with Crippen molar-refractivity contribution in [1.29, 1.82) is 0 Å². The van der Waals surface area contributed by atoms with Gasteiger partial charge in [-0.1, -0.05) is 29.8 Å². The second-order valence-corrected chi connectivity index (χ2v) is 4.70. The minimum Gasteiger partial charge on any atom is -0.350 e. The third kappa shape index (κ3) is 2.88. The molecule has 4 heteroatoms. The Hall–Kier alpha value is -1.84. The summed E-state index contributed by atoms with van der Waals surface area (Å²) in [6.45, 7) is 3.23. The highest BCUT2D eigenvalue weighted by Gasteiger charge is 2.29. The van der Waals surface area contributed by atoms with Crippen LogP contribution in [0.5, 0.6) is 0 Å². The summed E-state index contributed by atoms with van der Waals surface area (Å²) in [6, 6.07) is 7.76. The van der Waals surface area contributed by atoms with Gasteiger partial charge >= 0.3 is 0 Å². The first-order valence-corrected chi connectivity index (χ1v) is 6.25. The molecule has 1 aromatic rings. The largest absolute Gasteiger partial charge is 0.350 e. The summed E-state index contributed by atoms with van der Waals surface area (Å²) in [6.07, 6.45) is 2.43. The van der Waals surface area contributed by atoms with Crippen molar-refractivity contribution in [3.63, 3.8) is 0 Å². The summed E-state index contributed by atoms with van der Waals surface area (Å²) < 4.78 is 0. The Morgan fingerprint density at radius 3 is 2.83 bits per heavy atom. The molecule has 1 atom stereocenters. The highest BCUT2D eigenvalue weighted by molar-refractivity contribution is 5.84. The number of rotatable bonds is 4. The van der Waals surface area contributed by atoms with Crippen LogP contribution in [-0.2, 0) is 16.1 Å². The lowest BCUT2D eigenvalue weighted by atomic mass is 10.1. The molecule has 0 aliphatic carbocycles. The molecule has 0 aromatic heterocycles. The number of hydrogen-bond acceptors (Lipinski definition) is 2. The van der Waals surface area contributed by atoms with Gasteiger partial charge in [0.25, 0.3) is 0 Å². The quantitative estimate of drug-likeness (QED) is 0.812. The van der Waals surface area contributed by atoms with E-state index in [2.05, 4.69) is 5.32 Å². The second-order valence-electron chi connectivity index (χ2n) is 4.70. The standard InChI is InChI=1S/C14H18N2O2/c1-11-4-6-12(7-5-11)9-15-14(18)13-3-2-8-16(13)10-17/h4-7,10,13H,2-3,8-9H2,1H3,(H,15,18). The smallest absolute Gasteiger partial charge is 0.243 e. The number of benzene rings is 1. The summed E-state index contributed by atoms with van der Waals surface area (Å²) >= 11 is 0. The first-order chi connectivity index (χ1) is 8.70. The number of carbonyl (C=O) groups is 2. The van der Waals surface area contributed by atoms with E-state index in [1.165, 1.54) is 5.56 Å². The lowest BCUT2D eigenvalue weighted by molar-refractivity contribution is -0.131. The number of aryl methyl sites for hydroxylation is 1. The molecule has 0 radical (unpaired) electrons. The van der Waals surface area contributed by atoms with Crippen molar-refractivity contribution in [1.82, 2.24) is 10.2 Å². The monoisotopic (exact) mass is 246 g/mol. The molecule has 2 rings (SSSR count). The Kier molecular flexibility index (Phi) is 3.97. The van der Waals surface area contributed by atoms with Crippen LogP contribution in [-0.4, -0.2) is 29.8 Å². The molecule has 1 heterocycles. The van der Waals surface area contributed by atoms with Crippen molar-refractivity contribution in [2.24, 2.45) is 0 Å². The van der Waals surface area contributed by atoms with E-state index in [1.54, 1.807) is 4.90 Å². The third-order valence-electron chi connectivity index (χ3n) is 3.32. The molecule has 2 amide bonds. The maximum absolute atomic E-state index is 11.9.